The summed E-state index contributed by atoms with van der Waals surface area (Å²) >= 11 is 0. The van der Waals surface area contributed by atoms with Crippen molar-refractivity contribution in [2.75, 3.05) is 19.7 Å². The second-order valence-corrected chi connectivity index (χ2v) is 4.74. The van der Waals surface area contributed by atoms with Crippen molar-refractivity contribution in [1.82, 2.24) is 5.32 Å². The predicted molar refractivity (Wildman–Crippen MR) is 70.3 cm³/mol. The van der Waals surface area contributed by atoms with Crippen molar-refractivity contribution >= 4 is 5.91 Å². The lowest BCUT2D eigenvalue weighted by Crippen LogP contribution is -2.66. The molecular formula is C11H24N4O5. The highest BCUT2D eigenvalue weighted by atomic mass is 16.7. The molecule has 1 heterocycles. The van der Waals surface area contributed by atoms with Crippen molar-refractivity contribution in [2.45, 2.75) is 43.6 Å². The fraction of sp³-hybridized carbons (Fsp3) is 0.909. The Hall–Kier alpha value is -0.810. The van der Waals surface area contributed by atoms with E-state index in [1.54, 1.807) is 0 Å². The highest BCUT2D eigenvalue weighted by Gasteiger charge is 2.45. The quantitative estimate of drug-likeness (QED) is 0.290. The largest absolute Gasteiger partial charge is 0.388 e. The van der Waals surface area contributed by atoms with Crippen molar-refractivity contribution in [3.05, 3.63) is 0 Å². The Morgan fingerprint density at radius 3 is 2.55 bits per heavy atom. The molecule has 0 aromatic heterocycles. The summed E-state index contributed by atoms with van der Waals surface area (Å²) in [7, 11) is 0. The topological polar surface area (TPSA) is 166 Å². The minimum absolute atomic E-state index is 0.00860. The second-order valence-electron chi connectivity index (χ2n) is 4.74. The number of carbonyl (C=O) groups is 1. The molecule has 0 aliphatic carbocycles. The molecule has 9 N–H and O–H groups in total. The van der Waals surface area contributed by atoms with E-state index in [-0.39, 0.29) is 19.7 Å². The molecule has 1 aliphatic heterocycles. The van der Waals surface area contributed by atoms with Crippen LogP contribution in [0.25, 0.3) is 0 Å². The summed E-state index contributed by atoms with van der Waals surface area (Å²) in [6.45, 7) is 1.93. The van der Waals surface area contributed by atoms with Gasteiger partial charge in [-0.15, -0.1) is 0 Å². The number of hydrogen-bond donors (Lipinski definition) is 6. The van der Waals surface area contributed by atoms with Gasteiger partial charge in [-0.25, -0.2) is 0 Å². The first-order chi connectivity index (χ1) is 9.42. The van der Waals surface area contributed by atoms with Crippen molar-refractivity contribution in [1.29, 1.82) is 0 Å². The Bertz CT molecular complexity index is 317. The van der Waals surface area contributed by atoms with Crippen LogP contribution in [0.2, 0.25) is 0 Å². The first-order valence-electron chi connectivity index (χ1n) is 6.51. The normalized spacial score (nSPS) is 35.6. The molecule has 0 aromatic rings. The van der Waals surface area contributed by atoms with E-state index in [2.05, 4.69) is 5.32 Å². The van der Waals surface area contributed by atoms with E-state index in [4.69, 9.17) is 26.7 Å². The third kappa shape index (κ3) is 4.09. The zero-order chi connectivity index (χ0) is 15.3. The van der Waals surface area contributed by atoms with Crippen molar-refractivity contribution in [3.63, 3.8) is 0 Å². The van der Waals surface area contributed by atoms with Gasteiger partial charge in [0.25, 0.3) is 0 Å². The minimum Gasteiger partial charge on any atom is -0.388 e. The fourth-order valence-corrected chi connectivity index (χ4v) is 1.90. The van der Waals surface area contributed by atoms with E-state index in [1.165, 1.54) is 6.92 Å². The standard InChI is InChI=1S/C11H24N4O5/c1-5(14)10(18)15-7-9(17)8(16)6(4-13)20-11(7)19-3-2-12/h5-9,11,16-17H,2-4,12-14H2,1H3,(H,15,18)/t5-,6+,7+,8+,9+,11-/m0/s1. The van der Waals surface area contributed by atoms with Crippen LogP contribution in [-0.2, 0) is 14.3 Å². The molecule has 0 unspecified atom stereocenters. The van der Waals surface area contributed by atoms with Gasteiger partial charge < -0.3 is 42.2 Å². The average Bonchev–Trinajstić information content (AvgIpc) is 2.42. The Kier molecular flexibility index (Phi) is 6.76. The highest BCUT2D eigenvalue weighted by molar-refractivity contribution is 5.81. The molecular weight excluding hydrogens is 268 g/mol. The van der Waals surface area contributed by atoms with Gasteiger partial charge in [-0.1, -0.05) is 0 Å². The number of nitrogens with two attached hydrogens (primary N) is 3. The molecule has 20 heavy (non-hydrogen) atoms. The monoisotopic (exact) mass is 292 g/mol. The minimum atomic E-state index is -1.28. The van der Waals surface area contributed by atoms with Crippen molar-refractivity contribution in [3.8, 4) is 0 Å². The van der Waals surface area contributed by atoms with Crippen LogP contribution in [0.5, 0.6) is 0 Å². The van der Waals surface area contributed by atoms with Gasteiger partial charge in [0.1, 0.15) is 24.4 Å². The predicted octanol–water partition coefficient (Wildman–Crippen LogP) is -3.80. The molecule has 118 valence electrons. The number of amides is 1. The summed E-state index contributed by atoms with van der Waals surface area (Å²) in [5, 5.41) is 22.5. The smallest absolute Gasteiger partial charge is 0.237 e. The number of hydrogen-bond acceptors (Lipinski definition) is 8. The summed E-state index contributed by atoms with van der Waals surface area (Å²) < 4.78 is 10.8. The van der Waals surface area contributed by atoms with Crippen LogP contribution in [0.3, 0.4) is 0 Å². The van der Waals surface area contributed by atoms with Gasteiger partial charge in [0.2, 0.25) is 5.91 Å². The van der Waals surface area contributed by atoms with Crippen LogP contribution in [0.15, 0.2) is 0 Å². The van der Waals surface area contributed by atoms with Crippen LogP contribution >= 0.6 is 0 Å². The summed E-state index contributed by atoms with van der Waals surface area (Å²) in [4.78, 5) is 11.6. The van der Waals surface area contributed by atoms with Gasteiger partial charge in [-0.2, -0.15) is 0 Å². The van der Waals surface area contributed by atoms with Gasteiger partial charge in [-0.3, -0.25) is 4.79 Å². The average molecular weight is 292 g/mol. The van der Waals surface area contributed by atoms with Crippen molar-refractivity contribution in [2.24, 2.45) is 17.2 Å². The zero-order valence-corrected chi connectivity index (χ0v) is 11.4. The van der Waals surface area contributed by atoms with E-state index in [0.717, 1.165) is 0 Å². The molecule has 1 rings (SSSR count). The van der Waals surface area contributed by atoms with Crippen LogP contribution in [-0.4, -0.2) is 72.5 Å². The maximum absolute atomic E-state index is 11.6. The lowest BCUT2D eigenvalue weighted by atomic mass is 9.96. The molecule has 9 heteroatoms. The summed E-state index contributed by atoms with van der Waals surface area (Å²) in [5.41, 5.74) is 16.3. The molecule has 0 radical (unpaired) electrons. The molecule has 0 spiro atoms. The van der Waals surface area contributed by atoms with Gasteiger partial charge >= 0.3 is 0 Å². The summed E-state index contributed by atoms with van der Waals surface area (Å²) in [5.74, 6) is -0.489. The van der Waals surface area contributed by atoms with Gasteiger partial charge in [0, 0.05) is 13.1 Å². The van der Waals surface area contributed by atoms with E-state index < -0.39 is 42.6 Å². The third-order valence-electron chi connectivity index (χ3n) is 3.06. The maximum atomic E-state index is 11.6. The molecule has 6 atom stereocenters. The SMILES string of the molecule is C[C@H](N)C(=O)N[C@H]1[C@@H](OCCN)O[C@H](CN)[C@@H](O)[C@@H]1O. The highest BCUT2D eigenvalue weighted by Crippen LogP contribution is 2.21. The lowest BCUT2D eigenvalue weighted by Gasteiger charge is -2.42. The first-order valence-corrected chi connectivity index (χ1v) is 6.51. The van der Waals surface area contributed by atoms with E-state index >= 15 is 0 Å². The van der Waals surface area contributed by atoms with Crippen LogP contribution in [0, 0.1) is 0 Å². The van der Waals surface area contributed by atoms with Gasteiger partial charge in [-0.05, 0) is 6.92 Å². The molecule has 1 saturated heterocycles. The van der Waals surface area contributed by atoms with Crippen LogP contribution in [0.4, 0.5) is 0 Å². The molecule has 0 aromatic carbocycles. The summed E-state index contributed by atoms with van der Waals surface area (Å²) in [6.07, 6.45) is -4.23. The number of nitrogens with one attached hydrogen (secondary N) is 1. The number of rotatable bonds is 6. The molecule has 0 bridgehead atoms. The number of aliphatic hydroxyl groups excluding tert-OH is 2. The Morgan fingerprint density at radius 1 is 1.40 bits per heavy atom. The second kappa shape index (κ2) is 7.84. The first kappa shape index (κ1) is 17.2. The van der Waals surface area contributed by atoms with E-state index in [1.807, 2.05) is 0 Å². The Labute approximate surface area is 117 Å². The number of ether oxygens (including phenoxy) is 2. The molecule has 1 amide bonds. The number of carbonyl (C=O) groups excluding carboxylic acids is 1. The molecule has 1 fully saturated rings. The lowest BCUT2D eigenvalue weighted by molar-refractivity contribution is -0.261. The maximum Gasteiger partial charge on any atom is 0.237 e. The molecule has 9 nitrogen and oxygen atoms in total. The molecule has 0 saturated carbocycles. The Morgan fingerprint density at radius 2 is 2.05 bits per heavy atom. The molecule has 1 aliphatic rings. The number of aliphatic hydroxyl groups is 2. The van der Waals surface area contributed by atoms with E-state index in [9.17, 15) is 15.0 Å². The fourth-order valence-electron chi connectivity index (χ4n) is 1.90. The van der Waals surface area contributed by atoms with Crippen LogP contribution in [0.1, 0.15) is 6.92 Å². The summed E-state index contributed by atoms with van der Waals surface area (Å²) in [6, 6.07) is -1.71. The Balaban J connectivity index is 2.80. The van der Waals surface area contributed by atoms with Crippen molar-refractivity contribution < 1.29 is 24.5 Å². The van der Waals surface area contributed by atoms with Gasteiger partial charge in [0.05, 0.1) is 12.6 Å². The zero-order valence-electron chi connectivity index (χ0n) is 11.4. The van der Waals surface area contributed by atoms with E-state index in [0.29, 0.717) is 0 Å². The third-order valence-corrected chi connectivity index (χ3v) is 3.06. The van der Waals surface area contributed by atoms with Gasteiger partial charge in [0.15, 0.2) is 6.29 Å². The van der Waals surface area contributed by atoms with Crippen LogP contribution < -0.4 is 22.5 Å².